The van der Waals surface area contributed by atoms with Gasteiger partial charge < -0.3 is 10.2 Å². The van der Waals surface area contributed by atoms with E-state index in [1.165, 1.54) is 6.42 Å². The number of fused-ring (bicyclic) bond motifs is 2. The van der Waals surface area contributed by atoms with Crippen molar-refractivity contribution in [2.75, 3.05) is 13.1 Å². The van der Waals surface area contributed by atoms with Gasteiger partial charge in [-0.25, -0.2) is 0 Å². The molecule has 5 heteroatoms. The Morgan fingerprint density at radius 1 is 1.30 bits per heavy atom. The van der Waals surface area contributed by atoms with Crippen molar-refractivity contribution in [2.24, 2.45) is 0 Å². The number of carbonyl (C=O) groups excluding carboxylic acids is 1. The zero-order valence-corrected chi connectivity index (χ0v) is 13.8. The maximum atomic E-state index is 12.6. The third kappa shape index (κ3) is 3.35. The van der Waals surface area contributed by atoms with Crippen LogP contribution in [0.25, 0.3) is 0 Å². The molecule has 2 aliphatic heterocycles. The lowest BCUT2D eigenvalue weighted by Gasteiger charge is -2.28. The van der Waals surface area contributed by atoms with Gasteiger partial charge in [-0.3, -0.25) is 4.79 Å². The minimum Gasteiger partial charge on any atom is -0.335 e. The van der Waals surface area contributed by atoms with E-state index in [4.69, 9.17) is 0 Å². The molecular formula is C15H20BrClN2O. The molecule has 0 aromatic heterocycles. The second-order valence-electron chi connectivity index (χ2n) is 5.49. The van der Waals surface area contributed by atoms with Crippen LogP contribution in [0.2, 0.25) is 0 Å². The van der Waals surface area contributed by atoms with Gasteiger partial charge in [-0.15, -0.1) is 12.4 Å². The predicted molar refractivity (Wildman–Crippen MR) is 86.2 cm³/mol. The van der Waals surface area contributed by atoms with Crippen molar-refractivity contribution in [3.63, 3.8) is 0 Å². The summed E-state index contributed by atoms with van der Waals surface area (Å²) in [5.41, 5.74) is 1.09. The molecule has 1 amide bonds. The lowest BCUT2D eigenvalue weighted by atomic mass is 10.1. The van der Waals surface area contributed by atoms with Crippen molar-refractivity contribution in [1.82, 2.24) is 10.2 Å². The van der Waals surface area contributed by atoms with Gasteiger partial charge in [0.15, 0.2) is 0 Å². The Labute approximate surface area is 134 Å². The highest BCUT2D eigenvalue weighted by Crippen LogP contribution is 2.28. The summed E-state index contributed by atoms with van der Waals surface area (Å²) in [4.78, 5) is 14.7. The fourth-order valence-electron chi connectivity index (χ4n) is 3.30. The summed E-state index contributed by atoms with van der Waals surface area (Å²) in [6.07, 6.45) is 3.95. The molecule has 1 aromatic rings. The summed E-state index contributed by atoms with van der Waals surface area (Å²) in [5.74, 6) is 0.286. The van der Waals surface area contributed by atoms with E-state index in [1.54, 1.807) is 0 Å². The molecule has 2 unspecified atom stereocenters. The van der Waals surface area contributed by atoms with E-state index >= 15 is 0 Å². The van der Waals surface area contributed by atoms with Crippen LogP contribution in [0.5, 0.6) is 0 Å². The Hall–Kier alpha value is -0.580. The number of amides is 1. The summed E-state index contributed by atoms with van der Waals surface area (Å²) < 4.78 is 1.04. The van der Waals surface area contributed by atoms with E-state index in [0.29, 0.717) is 18.5 Å². The van der Waals surface area contributed by atoms with Crippen LogP contribution in [-0.2, 0) is 11.2 Å². The van der Waals surface area contributed by atoms with Crippen molar-refractivity contribution in [3.8, 4) is 0 Å². The second kappa shape index (κ2) is 6.92. The van der Waals surface area contributed by atoms with Crippen molar-refractivity contribution in [1.29, 1.82) is 0 Å². The molecule has 0 saturated carbocycles. The standard InChI is InChI=1S/C15H19BrN2O.ClH/c16-12-3-1-2-11(8-12)9-15(19)18-13-4-5-14(18)10-17-7-6-13;/h1-3,8,13-14,17H,4-7,9-10H2;1H. The van der Waals surface area contributed by atoms with Crippen LogP contribution in [0, 0.1) is 0 Å². The molecule has 1 N–H and O–H groups in total. The van der Waals surface area contributed by atoms with Gasteiger partial charge in [0.05, 0.1) is 6.42 Å². The number of halogens is 2. The van der Waals surface area contributed by atoms with Gasteiger partial charge in [0.25, 0.3) is 0 Å². The highest BCUT2D eigenvalue weighted by molar-refractivity contribution is 9.10. The molecule has 3 rings (SSSR count). The number of benzene rings is 1. The Kier molecular flexibility index (Phi) is 5.47. The van der Waals surface area contributed by atoms with Gasteiger partial charge in [-0.2, -0.15) is 0 Å². The molecule has 1 aromatic carbocycles. The molecule has 0 spiro atoms. The van der Waals surface area contributed by atoms with Crippen LogP contribution in [-0.4, -0.2) is 36.0 Å². The number of carbonyl (C=O) groups is 1. The summed E-state index contributed by atoms with van der Waals surface area (Å²) in [6, 6.07) is 8.92. The molecule has 20 heavy (non-hydrogen) atoms. The topological polar surface area (TPSA) is 32.3 Å². The predicted octanol–water partition coefficient (Wildman–Crippen LogP) is 2.77. The molecule has 2 heterocycles. The molecule has 0 aliphatic carbocycles. The van der Waals surface area contributed by atoms with Crippen LogP contribution < -0.4 is 5.32 Å². The van der Waals surface area contributed by atoms with Crippen LogP contribution in [0.15, 0.2) is 28.7 Å². The fourth-order valence-corrected chi connectivity index (χ4v) is 3.75. The molecule has 3 nitrogen and oxygen atoms in total. The van der Waals surface area contributed by atoms with Crippen molar-refractivity contribution in [2.45, 2.75) is 37.8 Å². The van der Waals surface area contributed by atoms with Gasteiger partial charge >= 0.3 is 0 Å². The van der Waals surface area contributed by atoms with Crippen LogP contribution in [0.3, 0.4) is 0 Å². The Bertz CT molecular complexity index is 469. The monoisotopic (exact) mass is 358 g/mol. The third-order valence-electron chi connectivity index (χ3n) is 4.19. The van der Waals surface area contributed by atoms with E-state index in [2.05, 4.69) is 26.1 Å². The molecule has 2 bridgehead atoms. The first kappa shape index (κ1) is 15.8. The molecular weight excluding hydrogens is 340 g/mol. The normalized spacial score (nSPS) is 24.9. The van der Waals surface area contributed by atoms with E-state index < -0.39 is 0 Å². The lowest BCUT2D eigenvalue weighted by Crippen LogP contribution is -2.43. The van der Waals surface area contributed by atoms with Crippen molar-refractivity contribution >= 4 is 34.2 Å². The summed E-state index contributed by atoms with van der Waals surface area (Å²) in [7, 11) is 0. The fraction of sp³-hybridized carbons (Fsp3) is 0.533. The zero-order chi connectivity index (χ0) is 13.2. The van der Waals surface area contributed by atoms with E-state index in [0.717, 1.165) is 36.0 Å². The molecule has 0 radical (unpaired) electrons. The smallest absolute Gasteiger partial charge is 0.227 e. The number of nitrogens with one attached hydrogen (secondary N) is 1. The quantitative estimate of drug-likeness (QED) is 0.880. The van der Waals surface area contributed by atoms with Gasteiger partial charge in [0, 0.05) is 23.1 Å². The van der Waals surface area contributed by atoms with E-state index in [-0.39, 0.29) is 18.3 Å². The van der Waals surface area contributed by atoms with Gasteiger partial charge in [0.1, 0.15) is 0 Å². The number of hydrogen-bond donors (Lipinski definition) is 1. The minimum absolute atomic E-state index is 0. The first-order valence-corrected chi connectivity index (χ1v) is 7.79. The first-order chi connectivity index (χ1) is 9.24. The summed E-state index contributed by atoms with van der Waals surface area (Å²) >= 11 is 3.46. The Morgan fingerprint density at radius 3 is 2.90 bits per heavy atom. The highest BCUT2D eigenvalue weighted by atomic mass is 79.9. The first-order valence-electron chi connectivity index (χ1n) is 7.00. The van der Waals surface area contributed by atoms with Crippen LogP contribution >= 0.6 is 28.3 Å². The number of rotatable bonds is 2. The average molecular weight is 360 g/mol. The third-order valence-corrected chi connectivity index (χ3v) is 4.68. The number of nitrogens with zero attached hydrogens (tertiary/aromatic N) is 1. The molecule has 2 fully saturated rings. The Balaban J connectivity index is 0.00000147. The number of hydrogen-bond acceptors (Lipinski definition) is 2. The minimum atomic E-state index is 0. The van der Waals surface area contributed by atoms with E-state index in [1.807, 2.05) is 24.3 Å². The van der Waals surface area contributed by atoms with Crippen LogP contribution in [0.1, 0.15) is 24.8 Å². The maximum absolute atomic E-state index is 12.6. The molecule has 110 valence electrons. The largest absolute Gasteiger partial charge is 0.335 e. The van der Waals surface area contributed by atoms with Gasteiger partial charge in [-0.05, 0) is 43.5 Å². The van der Waals surface area contributed by atoms with Gasteiger partial charge in [-0.1, -0.05) is 28.1 Å². The molecule has 2 atom stereocenters. The highest BCUT2D eigenvalue weighted by Gasteiger charge is 2.37. The Morgan fingerprint density at radius 2 is 2.10 bits per heavy atom. The lowest BCUT2D eigenvalue weighted by molar-refractivity contribution is -0.133. The van der Waals surface area contributed by atoms with Crippen molar-refractivity contribution < 1.29 is 4.79 Å². The van der Waals surface area contributed by atoms with Gasteiger partial charge in [0.2, 0.25) is 5.91 Å². The van der Waals surface area contributed by atoms with Crippen molar-refractivity contribution in [3.05, 3.63) is 34.3 Å². The summed E-state index contributed by atoms with van der Waals surface area (Å²) in [6.45, 7) is 2.00. The average Bonchev–Trinajstić information content (AvgIpc) is 2.63. The van der Waals surface area contributed by atoms with E-state index in [9.17, 15) is 4.79 Å². The SMILES string of the molecule is Cl.O=C(Cc1cccc(Br)c1)N1C2CCNCC1CC2. The molecule has 2 saturated heterocycles. The maximum Gasteiger partial charge on any atom is 0.227 e. The van der Waals surface area contributed by atoms with Crippen LogP contribution in [0.4, 0.5) is 0 Å². The molecule has 2 aliphatic rings. The summed E-state index contributed by atoms with van der Waals surface area (Å²) in [5, 5.41) is 3.44. The second-order valence-corrected chi connectivity index (χ2v) is 6.40. The zero-order valence-electron chi connectivity index (χ0n) is 11.3.